The normalized spacial score (nSPS) is 11.7. The number of benzene rings is 1. The zero-order chi connectivity index (χ0) is 17.4. The van der Waals surface area contributed by atoms with Crippen molar-refractivity contribution in [2.75, 3.05) is 26.1 Å². The first kappa shape index (κ1) is 19.3. The minimum Gasteiger partial charge on any atom is -0.496 e. The van der Waals surface area contributed by atoms with E-state index in [1.54, 1.807) is 6.92 Å². The van der Waals surface area contributed by atoms with Gasteiger partial charge in [-0.15, -0.1) is 0 Å². The lowest BCUT2D eigenvalue weighted by atomic mass is 10.1. The minimum absolute atomic E-state index is 0.185. The number of nitrogens with one attached hydrogen (secondary N) is 1. The highest BCUT2D eigenvalue weighted by Gasteiger charge is 2.19. The summed E-state index contributed by atoms with van der Waals surface area (Å²) < 4.78 is 15.2. The van der Waals surface area contributed by atoms with Crippen LogP contribution in [0.3, 0.4) is 0 Å². The van der Waals surface area contributed by atoms with E-state index in [2.05, 4.69) is 10.1 Å². The molecule has 23 heavy (non-hydrogen) atoms. The van der Waals surface area contributed by atoms with E-state index in [1.165, 1.54) is 26.4 Å². The van der Waals surface area contributed by atoms with Crippen molar-refractivity contribution in [3.8, 4) is 5.75 Å². The molecule has 128 valence electrons. The molecule has 1 rings (SSSR count). The molecule has 0 aromatic heterocycles. The third-order valence-electron chi connectivity index (χ3n) is 3.19. The molecule has 1 amide bonds. The fraction of sp³-hybridized carbons (Fsp3) is 0.500. The second-order valence-electron chi connectivity index (χ2n) is 4.88. The first-order valence-corrected chi connectivity index (χ1v) is 7.70. The average Bonchev–Trinajstić information content (AvgIpc) is 2.55. The Morgan fingerprint density at radius 3 is 2.57 bits per heavy atom. The van der Waals surface area contributed by atoms with Crippen molar-refractivity contribution >= 4 is 29.2 Å². The monoisotopic (exact) mass is 343 g/mol. The Bertz CT molecular complexity index is 562. The van der Waals surface area contributed by atoms with E-state index in [4.69, 9.17) is 21.1 Å². The number of unbranched alkanes of at least 4 members (excludes halogenated alkanes) is 1. The molecule has 1 N–H and O–H groups in total. The maximum Gasteiger partial charge on any atom is 0.341 e. The molecule has 0 heterocycles. The summed E-state index contributed by atoms with van der Waals surface area (Å²) in [5.74, 6) is -0.634. The van der Waals surface area contributed by atoms with Gasteiger partial charge in [0, 0.05) is 12.7 Å². The quantitative estimate of drug-likeness (QED) is 0.579. The van der Waals surface area contributed by atoms with Crippen molar-refractivity contribution in [2.24, 2.45) is 0 Å². The molecule has 0 bridgehead atoms. The van der Waals surface area contributed by atoms with Gasteiger partial charge in [-0.25, -0.2) is 4.79 Å². The van der Waals surface area contributed by atoms with Gasteiger partial charge < -0.3 is 19.5 Å². The van der Waals surface area contributed by atoms with Gasteiger partial charge in [-0.2, -0.15) is 0 Å². The number of anilines is 1. The Kier molecular flexibility index (Phi) is 7.85. The number of carbonyl (C=O) groups is 2. The van der Waals surface area contributed by atoms with Crippen molar-refractivity contribution in [1.82, 2.24) is 0 Å². The van der Waals surface area contributed by atoms with Gasteiger partial charge in [0.05, 0.1) is 24.9 Å². The average molecular weight is 344 g/mol. The van der Waals surface area contributed by atoms with Gasteiger partial charge in [0.2, 0.25) is 0 Å². The van der Waals surface area contributed by atoms with Crippen molar-refractivity contribution in [3.05, 3.63) is 22.7 Å². The highest BCUT2D eigenvalue weighted by atomic mass is 35.5. The van der Waals surface area contributed by atoms with Crippen LogP contribution in [0.5, 0.6) is 5.75 Å². The zero-order valence-corrected chi connectivity index (χ0v) is 14.5. The summed E-state index contributed by atoms with van der Waals surface area (Å²) in [6.07, 6.45) is 1.27. The van der Waals surface area contributed by atoms with Crippen molar-refractivity contribution in [3.63, 3.8) is 0 Å². The summed E-state index contributed by atoms with van der Waals surface area (Å²) in [5, 5.41) is 2.88. The summed E-state index contributed by atoms with van der Waals surface area (Å²) in [4.78, 5) is 23.8. The van der Waals surface area contributed by atoms with Crippen LogP contribution in [0.4, 0.5) is 5.69 Å². The molecule has 0 saturated carbocycles. The van der Waals surface area contributed by atoms with Gasteiger partial charge in [0.1, 0.15) is 17.4 Å². The van der Waals surface area contributed by atoms with E-state index >= 15 is 0 Å². The van der Waals surface area contributed by atoms with Gasteiger partial charge in [-0.05, 0) is 19.4 Å². The van der Waals surface area contributed by atoms with Gasteiger partial charge >= 0.3 is 5.97 Å². The van der Waals surface area contributed by atoms with Crippen LogP contribution < -0.4 is 10.1 Å². The molecule has 0 radical (unpaired) electrons. The zero-order valence-electron chi connectivity index (χ0n) is 13.8. The lowest BCUT2D eigenvalue weighted by molar-refractivity contribution is -0.126. The molecule has 1 aromatic rings. The fourth-order valence-electron chi connectivity index (χ4n) is 1.80. The fourth-order valence-corrected chi connectivity index (χ4v) is 2.01. The third kappa shape index (κ3) is 5.41. The van der Waals surface area contributed by atoms with Crippen LogP contribution >= 0.6 is 11.6 Å². The molecule has 0 aliphatic carbocycles. The van der Waals surface area contributed by atoms with E-state index in [-0.39, 0.29) is 22.2 Å². The number of hydrogen-bond acceptors (Lipinski definition) is 5. The van der Waals surface area contributed by atoms with Crippen molar-refractivity contribution in [1.29, 1.82) is 0 Å². The summed E-state index contributed by atoms with van der Waals surface area (Å²) in [6, 6.07) is 2.87. The van der Waals surface area contributed by atoms with Crippen LogP contribution in [0, 0.1) is 0 Å². The van der Waals surface area contributed by atoms with E-state index < -0.39 is 12.1 Å². The number of ether oxygens (including phenoxy) is 3. The molecule has 0 saturated heterocycles. The molecule has 0 spiro atoms. The molecular weight excluding hydrogens is 322 g/mol. The van der Waals surface area contributed by atoms with Crippen LogP contribution in [0.25, 0.3) is 0 Å². The molecule has 1 aromatic carbocycles. The van der Waals surface area contributed by atoms with Gasteiger partial charge in [-0.3, -0.25) is 4.79 Å². The number of carbonyl (C=O) groups excluding carboxylic acids is 2. The van der Waals surface area contributed by atoms with Gasteiger partial charge in [-0.1, -0.05) is 24.9 Å². The maximum atomic E-state index is 12.1. The van der Waals surface area contributed by atoms with Crippen LogP contribution in [-0.4, -0.2) is 38.8 Å². The molecule has 0 fully saturated rings. The standard InChI is InChI=1S/C16H22ClNO5/c1-5-6-7-23-10(2)15(19)18-13-9-14(21-3)11(8-12(13)17)16(20)22-4/h8-10H,5-7H2,1-4H3,(H,18,19). The Balaban J connectivity index is 2.88. The molecular formula is C16H22ClNO5. The van der Waals surface area contributed by atoms with Crippen molar-refractivity contribution < 1.29 is 23.8 Å². The molecule has 0 aliphatic heterocycles. The summed E-state index contributed by atoms with van der Waals surface area (Å²) in [7, 11) is 2.68. The van der Waals surface area contributed by atoms with Crippen LogP contribution in [0.2, 0.25) is 5.02 Å². The lowest BCUT2D eigenvalue weighted by Gasteiger charge is -2.15. The SMILES string of the molecule is CCCCOC(C)C(=O)Nc1cc(OC)c(C(=O)OC)cc1Cl. The number of rotatable bonds is 8. The summed E-state index contributed by atoms with van der Waals surface area (Å²) in [6.45, 7) is 4.23. The highest BCUT2D eigenvalue weighted by Crippen LogP contribution is 2.31. The van der Waals surface area contributed by atoms with Crippen LogP contribution in [0.15, 0.2) is 12.1 Å². The molecule has 1 atom stereocenters. The second kappa shape index (κ2) is 9.37. The molecule has 6 nitrogen and oxygen atoms in total. The Morgan fingerprint density at radius 1 is 1.30 bits per heavy atom. The predicted molar refractivity (Wildman–Crippen MR) is 88.3 cm³/mol. The van der Waals surface area contributed by atoms with Crippen molar-refractivity contribution in [2.45, 2.75) is 32.8 Å². The number of hydrogen-bond donors (Lipinski definition) is 1. The smallest absolute Gasteiger partial charge is 0.341 e. The van der Waals surface area contributed by atoms with Crippen LogP contribution in [0.1, 0.15) is 37.0 Å². The van der Waals surface area contributed by atoms with E-state index in [9.17, 15) is 9.59 Å². The van der Waals surface area contributed by atoms with E-state index in [1.807, 2.05) is 6.92 Å². The molecule has 1 unspecified atom stereocenters. The largest absolute Gasteiger partial charge is 0.496 e. The van der Waals surface area contributed by atoms with Gasteiger partial charge in [0.15, 0.2) is 0 Å². The number of methoxy groups -OCH3 is 2. The topological polar surface area (TPSA) is 73.9 Å². The summed E-state index contributed by atoms with van der Waals surface area (Å²) in [5.41, 5.74) is 0.525. The number of halogens is 1. The first-order chi connectivity index (χ1) is 10.9. The van der Waals surface area contributed by atoms with Crippen LogP contribution in [-0.2, 0) is 14.3 Å². The predicted octanol–water partition coefficient (Wildman–Crippen LogP) is 3.28. The Hall–Kier alpha value is -1.79. The van der Waals surface area contributed by atoms with Gasteiger partial charge in [0.25, 0.3) is 5.91 Å². The maximum absolute atomic E-state index is 12.1. The number of amides is 1. The number of esters is 1. The highest BCUT2D eigenvalue weighted by molar-refractivity contribution is 6.34. The molecule has 7 heteroatoms. The Morgan fingerprint density at radius 2 is 2.00 bits per heavy atom. The molecule has 0 aliphatic rings. The van der Waals surface area contributed by atoms with E-state index in [0.717, 1.165) is 12.8 Å². The third-order valence-corrected chi connectivity index (χ3v) is 3.50. The lowest BCUT2D eigenvalue weighted by Crippen LogP contribution is -2.28. The summed E-state index contributed by atoms with van der Waals surface area (Å²) >= 11 is 6.12. The minimum atomic E-state index is -0.608. The Labute approximate surface area is 141 Å². The van der Waals surface area contributed by atoms with E-state index in [0.29, 0.717) is 12.3 Å². The first-order valence-electron chi connectivity index (χ1n) is 7.32. The second-order valence-corrected chi connectivity index (χ2v) is 5.29.